The number of nitrogens with one attached hydrogen (secondary N) is 1. The normalized spacial score (nSPS) is 11.9. The van der Waals surface area contributed by atoms with E-state index in [-0.39, 0.29) is 17.2 Å². The van der Waals surface area contributed by atoms with Gasteiger partial charge in [-0.15, -0.1) is 13.2 Å². The lowest BCUT2D eigenvalue weighted by Gasteiger charge is -2.09. The van der Waals surface area contributed by atoms with Gasteiger partial charge in [-0.05, 0) is 36.4 Å². The van der Waals surface area contributed by atoms with Gasteiger partial charge < -0.3 is 14.5 Å². The summed E-state index contributed by atoms with van der Waals surface area (Å²) < 4.78 is 98.2. The molecule has 172 valence electrons. The summed E-state index contributed by atoms with van der Waals surface area (Å²) in [5.74, 6) is -1.64. The number of hydrogen-bond donors (Lipinski definition) is 1. The number of halogens is 8. The first-order valence-electron chi connectivity index (χ1n) is 8.53. The number of carbonyl (C=O) groups is 1. The first kappa shape index (κ1) is 23.4. The van der Waals surface area contributed by atoms with Gasteiger partial charge in [0.25, 0.3) is 18.8 Å². The van der Waals surface area contributed by atoms with Crippen LogP contribution in [0.5, 0.6) is 5.75 Å². The second-order valence-electron chi connectivity index (χ2n) is 6.14. The molecule has 0 aliphatic carbocycles. The van der Waals surface area contributed by atoms with E-state index < -0.39 is 53.8 Å². The van der Waals surface area contributed by atoms with E-state index in [1.165, 1.54) is 12.1 Å². The van der Waals surface area contributed by atoms with Crippen molar-refractivity contribution < 1.29 is 44.7 Å². The Hall–Kier alpha value is -3.22. The monoisotopic (exact) mass is 485 g/mol. The topological polar surface area (TPSA) is 69.3 Å². The molecule has 0 fully saturated rings. The van der Waals surface area contributed by atoms with Gasteiger partial charge in [0.05, 0.1) is 11.6 Å². The highest BCUT2D eigenvalue weighted by atomic mass is 35.5. The zero-order valence-corrected chi connectivity index (χ0v) is 16.2. The zero-order valence-electron chi connectivity index (χ0n) is 15.5. The highest BCUT2D eigenvalue weighted by Crippen LogP contribution is 2.35. The average molecular weight is 486 g/mol. The van der Waals surface area contributed by atoms with Crippen LogP contribution in [0.3, 0.4) is 0 Å². The van der Waals surface area contributed by atoms with Crippen molar-refractivity contribution in [1.29, 1.82) is 0 Å². The number of ether oxygens (including phenoxy) is 1. The maximum atomic E-state index is 13.2. The fourth-order valence-electron chi connectivity index (χ4n) is 2.61. The smallest absolute Gasteiger partial charge is 0.454 e. The van der Waals surface area contributed by atoms with E-state index in [9.17, 15) is 35.5 Å². The minimum atomic E-state index is -4.87. The van der Waals surface area contributed by atoms with Gasteiger partial charge in [-0.3, -0.25) is 9.48 Å². The summed E-state index contributed by atoms with van der Waals surface area (Å²) in [7, 11) is 0. The average Bonchev–Trinajstić information content (AvgIpc) is 3.27. The highest BCUT2D eigenvalue weighted by Gasteiger charge is 2.31. The van der Waals surface area contributed by atoms with Crippen LogP contribution in [0.4, 0.5) is 36.4 Å². The molecule has 0 aliphatic heterocycles. The molecule has 3 rings (SSSR count). The van der Waals surface area contributed by atoms with E-state index in [0.717, 1.165) is 24.3 Å². The predicted molar refractivity (Wildman–Crippen MR) is 96.0 cm³/mol. The summed E-state index contributed by atoms with van der Waals surface area (Å²) in [5, 5.41) is 4.87. The Balaban J connectivity index is 1.71. The van der Waals surface area contributed by atoms with E-state index in [0.29, 0.717) is 4.68 Å². The summed E-state index contributed by atoms with van der Waals surface area (Å²) in [6.45, 7) is -0.511. The van der Waals surface area contributed by atoms with Crippen molar-refractivity contribution in [2.24, 2.45) is 0 Å². The Bertz CT molecular complexity index is 1090. The van der Waals surface area contributed by atoms with E-state index in [1.807, 2.05) is 0 Å². The first-order chi connectivity index (χ1) is 14.9. The number of rotatable bonds is 7. The third kappa shape index (κ3) is 5.52. The number of carbonyl (C=O) groups excluding carboxylic acids is 1. The minimum Gasteiger partial charge on any atom is -0.454 e. The lowest BCUT2D eigenvalue weighted by Crippen LogP contribution is -2.17. The molecule has 32 heavy (non-hydrogen) atoms. The SMILES string of the molecule is O=C(Nc1ccc(OC(F)(F)F)cc1)c1ccc(Cn2nc(C(F)F)c(Cl)c2C(F)F)o1. The van der Waals surface area contributed by atoms with Crippen molar-refractivity contribution in [2.75, 3.05) is 5.32 Å². The number of amides is 1. The van der Waals surface area contributed by atoms with Gasteiger partial charge in [0.2, 0.25) is 0 Å². The van der Waals surface area contributed by atoms with Crippen LogP contribution in [-0.4, -0.2) is 22.1 Å². The Morgan fingerprint density at radius 3 is 2.31 bits per heavy atom. The summed E-state index contributed by atoms with van der Waals surface area (Å²) in [6.07, 6.45) is -11.2. The van der Waals surface area contributed by atoms with Gasteiger partial charge in [0.1, 0.15) is 22.9 Å². The molecule has 0 spiro atoms. The summed E-state index contributed by atoms with van der Waals surface area (Å²) in [4.78, 5) is 12.2. The molecule has 3 aromatic rings. The lowest BCUT2D eigenvalue weighted by molar-refractivity contribution is -0.274. The van der Waals surface area contributed by atoms with Crippen LogP contribution in [0.15, 0.2) is 40.8 Å². The van der Waals surface area contributed by atoms with E-state index in [1.54, 1.807) is 0 Å². The fourth-order valence-corrected chi connectivity index (χ4v) is 2.91. The molecule has 0 unspecified atom stereocenters. The maximum absolute atomic E-state index is 13.2. The molecular weight excluding hydrogens is 475 g/mol. The number of benzene rings is 1. The first-order valence-corrected chi connectivity index (χ1v) is 8.90. The van der Waals surface area contributed by atoms with Crippen LogP contribution in [0.1, 0.15) is 40.6 Å². The van der Waals surface area contributed by atoms with Crippen molar-refractivity contribution in [3.63, 3.8) is 0 Å². The highest BCUT2D eigenvalue weighted by molar-refractivity contribution is 6.32. The van der Waals surface area contributed by atoms with Gasteiger partial charge in [0, 0.05) is 5.69 Å². The summed E-state index contributed by atoms with van der Waals surface area (Å²) >= 11 is 5.57. The third-order valence-corrected chi connectivity index (χ3v) is 4.29. The quantitative estimate of drug-likeness (QED) is 0.404. The number of aromatic nitrogens is 2. The minimum absolute atomic E-state index is 0.0639. The van der Waals surface area contributed by atoms with Crippen LogP contribution in [0, 0.1) is 0 Å². The van der Waals surface area contributed by atoms with Crippen molar-refractivity contribution in [3.8, 4) is 5.75 Å². The van der Waals surface area contributed by atoms with E-state index in [2.05, 4.69) is 15.2 Å². The number of nitrogens with zero attached hydrogens (tertiary/aromatic N) is 2. The molecule has 1 N–H and O–H groups in total. The maximum Gasteiger partial charge on any atom is 0.573 e. The molecule has 1 aromatic carbocycles. The number of furan rings is 1. The van der Waals surface area contributed by atoms with Gasteiger partial charge in [0.15, 0.2) is 5.76 Å². The molecule has 2 aromatic heterocycles. The fraction of sp³-hybridized carbons (Fsp3) is 0.222. The molecule has 1 amide bonds. The molecule has 0 aliphatic rings. The zero-order chi connectivity index (χ0) is 23.6. The van der Waals surface area contributed by atoms with Crippen molar-refractivity contribution >= 4 is 23.2 Å². The molecular formula is C18H11ClF7N3O3. The van der Waals surface area contributed by atoms with E-state index >= 15 is 0 Å². The van der Waals surface area contributed by atoms with Crippen LogP contribution in [0.2, 0.25) is 5.02 Å². The number of anilines is 1. The Labute approximate surface area is 179 Å². The van der Waals surface area contributed by atoms with Crippen LogP contribution in [-0.2, 0) is 6.54 Å². The molecule has 2 heterocycles. The molecule has 0 saturated heterocycles. The molecule has 0 saturated carbocycles. The molecule has 14 heteroatoms. The predicted octanol–water partition coefficient (Wildman–Crippen LogP) is 6.20. The molecule has 0 atom stereocenters. The van der Waals surface area contributed by atoms with Gasteiger partial charge >= 0.3 is 6.36 Å². The van der Waals surface area contributed by atoms with Crippen LogP contribution < -0.4 is 10.1 Å². The second-order valence-corrected chi connectivity index (χ2v) is 6.51. The number of hydrogen-bond acceptors (Lipinski definition) is 4. The molecule has 0 radical (unpaired) electrons. The Morgan fingerprint density at radius 2 is 1.75 bits per heavy atom. The van der Waals surface area contributed by atoms with Crippen molar-refractivity contribution in [3.05, 3.63) is 64.3 Å². The van der Waals surface area contributed by atoms with Crippen molar-refractivity contribution in [1.82, 2.24) is 9.78 Å². The van der Waals surface area contributed by atoms with Gasteiger partial charge in [-0.1, -0.05) is 11.6 Å². The standard InChI is InChI=1S/C18H11ClF7N3O3/c19-12-13(15(20)21)28-29(14(12)16(22)23)7-10-5-6-11(31-10)17(30)27-8-1-3-9(4-2-8)32-18(24,25)26/h1-6,15-16H,7H2,(H,27,30). The Morgan fingerprint density at radius 1 is 1.09 bits per heavy atom. The van der Waals surface area contributed by atoms with Gasteiger partial charge in [-0.2, -0.15) is 5.10 Å². The Kier molecular flexibility index (Phi) is 6.67. The molecule has 0 bridgehead atoms. The summed E-state index contributed by atoms with van der Waals surface area (Å²) in [5.41, 5.74) is -1.82. The van der Waals surface area contributed by atoms with Gasteiger partial charge in [-0.25, -0.2) is 17.6 Å². The van der Waals surface area contributed by atoms with Crippen LogP contribution >= 0.6 is 11.6 Å². The van der Waals surface area contributed by atoms with Crippen LogP contribution in [0.25, 0.3) is 0 Å². The van der Waals surface area contributed by atoms with Crippen molar-refractivity contribution in [2.45, 2.75) is 25.8 Å². The lowest BCUT2D eigenvalue weighted by atomic mass is 10.3. The van der Waals surface area contributed by atoms with E-state index in [4.69, 9.17) is 16.0 Å². The third-order valence-electron chi connectivity index (χ3n) is 3.91. The largest absolute Gasteiger partial charge is 0.573 e. The number of alkyl halides is 7. The molecule has 6 nitrogen and oxygen atoms in total. The summed E-state index contributed by atoms with van der Waals surface area (Å²) in [6, 6.07) is 6.68. The second kappa shape index (κ2) is 9.10.